The van der Waals surface area contributed by atoms with Crippen LogP contribution in [0.2, 0.25) is 0 Å². The van der Waals surface area contributed by atoms with Crippen molar-refractivity contribution in [2.45, 2.75) is 38.7 Å². The summed E-state index contributed by atoms with van der Waals surface area (Å²) in [6, 6.07) is 3.89. The van der Waals surface area contributed by atoms with E-state index >= 15 is 0 Å². The Morgan fingerprint density at radius 3 is 2.74 bits per heavy atom. The van der Waals surface area contributed by atoms with Crippen LogP contribution in [0.15, 0.2) is 16.5 Å². The number of rotatable bonds is 7. The topological polar surface area (TPSA) is 71.7 Å². The molecule has 0 radical (unpaired) electrons. The van der Waals surface area contributed by atoms with E-state index in [1.807, 2.05) is 19.1 Å². The van der Waals surface area contributed by atoms with E-state index < -0.39 is 12.1 Å². The molecule has 108 valence electrons. The maximum Gasteiger partial charge on any atom is 0.308 e. The van der Waals surface area contributed by atoms with E-state index in [9.17, 15) is 9.90 Å². The third-order valence-electron chi connectivity index (χ3n) is 2.98. The summed E-state index contributed by atoms with van der Waals surface area (Å²) in [5, 5.41) is 12.8. The second-order valence-corrected chi connectivity index (χ2v) is 5.36. The monoisotopic (exact) mass is 269 g/mol. The summed E-state index contributed by atoms with van der Waals surface area (Å²) in [5.74, 6) is 1.38. The van der Waals surface area contributed by atoms with Gasteiger partial charge in [0.1, 0.15) is 11.5 Å². The highest BCUT2D eigenvalue weighted by Gasteiger charge is 2.24. The van der Waals surface area contributed by atoms with Crippen LogP contribution in [0.4, 0.5) is 0 Å². The van der Waals surface area contributed by atoms with E-state index in [2.05, 4.69) is 23.9 Å². The molecule has 1 heterocycles. The van der Waals surface area contributed by atoms with Gasteiger partial charge in [-0.1, -0.05) is 13.8 Å². The third-order valence-corrected chi connectivity index (χ3v) is 2.98. The molecule has 5 nitrogen and oxygen atoms in total. The van der Waals surface area contributed by atoms with Gasteiger partial charge in [0.05, 0.1) is 19.6 Å². The Balaban J connectivity index is 2.37. The predicted octanol–water partition coefficient (Wildman–Crippen LogP) is 1.38. The lowest BCUT2D eigenvalue weighted by Gasteiger charge is -2.23. The smallest absolute Gasteiger partial charge is 0.308 e. The standard InChI is InChI=1S/C14H23NO4/c1-10-5-6-12(19-10)14(2,3)9-15-8-11(16)7-13(17)18-4/h5-6,11,15-16H,7-9H2,1-4H3. The number of carbonyl (C=O) groups excluding carboxylic acids is 1. The van der Waals surface area contributed by atoms with Gasteiger partial charge in [-0.3, -0.25) is 4.79 Å². The molecule has 1 rings (SSSR count). The summed E-state index contributed by atoms with van der Waals surface area (Å²) in [7, 11) is 1.31. The fourth-order valence-corrected chi connectivity index (χ4v) is 1.78. The first-order chi connectivity index (χ1) is 8.85. The summed E-state index contributed by atoms with van der Waals surface area (Å²) >= 11 is 0. The molecule has 2 N–H and O–H groups in total. The molecule has 0 saturated heterocycles. The van der Waals surface area contributed by atoms with Gasteiger partial charge < -0.3 is 19.6 Å². The van der Waals surface area contributed by atoms with Gasteiger partial charge in [0.25, 0.3) is 0 Å². The molecule has 0 amide bonds. The van der Waals surface area contributed by atoms with Gasteiger partial charge in [0.15, 0.2) is 0 Å². The van der Waals surface area contributed by atoms with Crippen LogP contribution in [-0.2, 0) is 14.9 Å². The number of methoxy groups -OCH3 is 1. The van der Waals surface area contributed by atoms with Gasteiger partial charge in [0.2, 0.25) is 0 Å². The number of nitrogens with one attached hydrogen (secondary N) is 1. The van der Waals surface area contributed by atoms with Crippen molar-refractivity contribution in [2.24, 2.45) is 0 Å². The molecule has 0 spiro atoms. The zero-order chi connectivity index (χ0) is 14.5. The minimum Gasteiger partial charge on any atom is -0.469 e. The average molecular weight is 269 g/mol. The van der Waals surface area contributed by atoms with Crippen LogP contribution in [0.5, 0.6) is 0 Å². The number of carbonyl (C=O) groups is 1. The number of esters is 1. The summed E-state index contributed by atoms with van der Waals surface area (Å²) in [6.45, 7) is 7.03. The Morgan fingerprint density at radius 2 is 2.21 bits per heavy atom. The zero-order valence-corrected chi connectivity index (χ0v) is 12.0. The van der Waals surface area contributed by atoms with Crippen molar-refractivity contribution < 1.29 is 19.1 Å². The van der Waals surface area contributed by atoms with E-state index in [1.54, 1.807) is 0 Å². The number of aliphatic hydroxyl groups is 1. The first-order valence-corrected chi connectivity index (χ1v) is 6.37. The number of furan rings is 1. The second-order valence-electron chi connectivity index (χ2n) is 5.36. The first kappa shape index (κ1) is 15.7. The molecule has 1 atom stereocenters. The maximum atomic E-state index is 11.0. The van der Waals surface area contributed by atoms with Crippen molar-refractivity contribution in [2.75, 3.05) is 20.2 Å². The van der Waals surface area contributed by atoms with E-state index in [4.69, 9.17) is 4.42 Å². The van der Waals surface area contributed by atoms with Gasteiger partial charge in [-0.25, -0.2) is 0 Å². The number of hydrogen-bond acceptors (Lipinski definition) is 5. The normalized spacial score (nSPS) is 13.3. The van der Waals surface area contributed by atoms with Crippen LogP contribution in [0.3, 0.4) is 0 Å². The van der Waals surface area contributed by atoms with Gasteiger partial charge in [-0.15, -0.1) is 0 Å². The number of aryl methyl sites for hydroxylation is 1. The van der Waals surface area contributed by atoms with Crippen molar-refractivity contribution in [1.82, 2.24) is 5.32 Å². The molecule has 0 fully saturated rings. The van der Waals surface area contributed by atoms with Crippen LogP contribution >= 0.6 is 0 Å². The molecule has 1 aromatic rings. The summed E-state index contributed by atoms with van der Waals surface area (Å²) in [4.78, 5) is 11.0. The molecule has 1 unspecified atom stereocenters. The van der Waals surface area contributed by atoms with Crippen molar-refractivity contribution >= 4 is 5.97 Å². The molecule has 19 heavy (non-hydrogen) atoms. The second kappa shape index (κ2) is 6.73. The Bertz CT molecular complexity index is 411. The Hall–Kier alpha value is -1.33. The fraction of sp³-hybridized carbons (Fsp3) is 0.643. The zero-order valence-electron chi connectivity index (χ0n) is 12.0. The van der Waals surface area contributed by atoms with Crippen LogP contribution in [0, 0.1) is 6.92 Å². The van der Waals surface area contributed by atoms with Crippen LogP contribution in [0.25, 0.3) is 0 Å². The summed E-state index contributed by atoms with van der Waals surface area (Å²) in [5.41, 5.74) is -0.167. The van der Waals surface area contributed by atoms with Crippen molar-refractivity contribution in [1.29, 1.82) is 0 Å². The van der Waals surface area contributed by atoms with E-state index in [-0.39, 0.29) is 11.8 Å². The maximum absolute atomic E-state index is 11.0. The molecule has 0 aromatic carbocycles. The Kier molecular flexibility index (Phi) is 5.57. The largest absolute Gasteiger partial charge is 0.469 e. The van der Waals surface area contributed by atoms with Crippen molar-refractivity contribution in [3.05, 3.63) is 23.7 Å². The molecule has 0 aliphatic rings. The van der Waals surface area contributed by atoms with Crippen molar-refractivity contribution in [3.8, 4) is 0 Å². The van der Waals surface area contributed by atoms with Gasteiger partial charge in [0, 0.05) is 18.5 Å². The van der Waals surface area contributed by atoms with Gasteiger partial charge in [-0.2, -0.15) is 0 Å². The summed E-state index contributed by atoms with van der Waals surface area (Å²) in [6.07, 6.45) is -0.731. The van der Waals surface area contributed by atoms with Gasteiger partial charge in [-0.05, 0) is 19.1 Å². The minimum atomic E-state index is -0.735. The lowest BCUT2D eigenvalue weighted by Crippen LogP contribution is -2.37. The molecule has 0 bridgehead atoms. The number of ether oxygens (including phenoxy) is 1. The molecule has 0 aliphatic heterocycles. The molecule has 0 saturated carbocycles. The highest BCUT2D eigenvalue weighted by molar-refractivity contribution is 5.69. The van der Waals surface area contributed by atoms with E-state index in [1.165, 1.54) is 7.11 Å². The first-order valence-electron chi connectivity index (χ1n) is 6.37. The van der Waals surface area contributed by atoms with Crippen LogP contribution < -0.4 is 5.32 Å². The van der Waals surface area contributed by atoms with Crippen molar-refractivity contribution in [3.63, 3.8) is 0 Å². The van der Waals surface area contributed by atoms with Crippen LogP contribution in [-0.4, -0.2) is 37.4 Å². The lowest BCUT2D eigenvalue weighted by molar-refractivity contribution is -0.142. The SMILES string of the molecule is COC(=O)CC(O)CNCC(C)(C)c1ccc(C)o1. The molecular weight excluding hydrogens is 246 g/mol. The minimum absolute atomic E-state index is 0.00376. The molecule has 5 heteroatoms. The quantitative estimate of drug-likeness (QED) is 0.732. The van der Waals surface area contributed by atoms with Gasteiger partial charge >= 0.3 is 5.97 Å². The lowest BCUT2D eigenvalue weighted by atomic mass is 9.90. The van der Waals surface area contributed by atoms with E-state index in [0.717, 1.165) is 11.5 Å². The fourth-order valence-electron chi connectivity index (χ4n) is 1.78. The number of aliphatic hydroxyl groups excluding tert-OH is 1. The van der Waals surface area contributed by atoms with E-state index in [0.29, 0.717) is 13.1 Å². The van der Waals surface area contributed by atoms with Crippen LogP contribution in [0.1, 0.15) is 31.8 Å². The Morgan fingerprint density at radius 1 is 1.53 bits per heavy atom. The average Bonchev–Trinajstić information content (AvgIpc) is 2.76. The summed E-state index contributed by atoms with van der Waals surface area (Å²) < 4.78 is 10.1. The number of hydrogen-bond donors (Lipinski definition) is 2. The Labute approximate surface area is 113 Å². The highest BCUT2D eigenvalue weighted by Crippen LogP contribution is 2.24. The molecular formula is C14H23NO4. The predicted molar refractivity (Wildman–Crippen MR) is 72.0 cm³/mol. The highest BCUT2D eigenvalue weighted by atomic mass is 16.5. The molecule has 1 aromatic heterocycles. The third kappa shape index (κ3) is 5.04. The molecule has 0 aliphatic carbocycles.